The summed E-state index contributed by atoms with van der Waals surface area (Å²) in [4.78, 5) is 0. The Hall–Kier alpha value is -0.290. The van der Waals surface area contributed by atoms with E-state index in [0.717, 1.165) is 12.8 Å². The van der Waals surface area contributed by atoms with Gasteiger partial charge in [0.1, 0.15) is 0 Å². The van der Waals surface area contributed by atoms with Crippen LogP contribution >= 0.6 is 0 Å². The smallest absolute Gasteiger partial charge is 0.381 e. The predicted octanol–water partition coefficient (Wildman–Crippen LogP) is 1.94. The van der Waals surface area contributed by atoms with E-state index in [1.165, 1.54) is 0 Å². The highest BCUT2D eigenvalue weighted by molar-refractivity contribution is 4.67. The van der Waals surface area contributed by atoms with Gasteiger partial charge in [-0.1, -0.05) is 13.3 Å². The molecule has 1 unspecified atom stereocenters. The number of rotatable bonds is 6. The first kappa shape index (κ1) is 12.7. The number of alkyl halides is 3. The first-order valence-corrected chi connectivity index (χ1v) is 4.36. The Balaban J connectivity index is 3.61. The van der Waals surface area contributed by atoms with Crippen LogP contribution in [-0.2, 0) is 4.74 Å². The average Bonchev–Trinajstić information content (AvgIpc) is 2.02. The highest BCUT2D eigenvalue weighted by Gasteiger charge is 2.38. The van der Waals surface area contributed by atoms with Crippen molar-refractivity contribution in [3.8, 4) is 0 Å². The van der Waals surface area contributed by atoms with Crippen LogP contribution < -0.4 is 5.73 Å². The lowest BCUT2D eigenvalue weighted by atomic mass is 10.1. The predicted molar refractivity (Wildman–Crippen MR) is 44.3 cm³/mol. The van der Waals surface area contributed by atoms with Gasteiger partial charge in [-0.25, -0.2) is 0 Å². The molecule has 0 saturated heterocycles. The van der Waals surface area contributed by atoms with Gasteiger partial charge in [-0.15, -0.1) is 0 Å². The molecule has 0 aromatic rings. The second-order valence-electron chi connectivity index (χ2n) is 2.90. The number of nitrogens with two attached hydrogens (primary N) is 1. The Labute approximate surface area is 76.2 Å². The van der Waals surface area contributed by atoms with Crippen molar-refractivity contribution in [2.24, 2.45) is 11.7 Å². The van der Waals surface area contributed by atoms with Gasteiger partial charge in [0.2, 0.25) is 0 Å². The Kier molecular flexibility index (Phi) is 6.07. The van der Waals surface area contributed by atoms with Gasteiger partial charge in [0, 0.05) is 13.2 Å². The van der Waals surface area contributed by atoms with Crippen molar-refractivity contribution in [3.05, 3.63) is 0 Å². The molecular formula is C8H16F3NO. The molecule has 0 heterocycles. The monoisotopic (exact) mass is 199 g/mol. The Bertz CT molecular complexity index is 127. The van der Waals surface area contributed by atoms with E-state index < -0.39 is 18.6 Å². The lowest BCUT2D eigenvalue weighted by molar-refractivity contribution is -0.185. The van der Waals surface area contributed by atoms with Gasteiger partial charge in [-0.05, 0) is 6.42 Å². The molecule has 0 saturated carbocycles. The summed E-state index contributed by atoms with van der Waals surface area (Å²) in [5, 5.41) is 0. The Morgan fingerprint density at radius 3 is 2.38 bits per heavy atom. The maximum atomic E-state index is 12.1. The highest BCUT2D eigenvalue weighted by Crippen LogP contribution is 2.25. The first-order valence-electron chi connectivity index (χ1n) is 4.36. The van der Waals surface area contributed by atoms with Crippen molar-refractivity contribution in [3.63, 3.8) is 0 Å². The maximum absolute atomic E-state index is 12.1. The quantitative estimate of drug-likeness (QED) is 0.663. The van der Waals surface area contributed by atoms with Crippen molar-refractivity contribution < 1.29 is 17.9 Å². The molecule has 0 bridgehead atoms. The third-order valence-corrected chi connectivity index (χ3v) is 1.71. The normalized spacial score (nSPS) is 14.5. The van der Waals surface area contributed by atoms with Crippen LogP contribution in [0.5, 0.6) is 0 Å². The SMILES string of the molecule is CCCCOCC(CN)C(F)(F)F. The van der Waals surface area contributed by atoms with E-state index in [2.05, 4.69) is 0 Å². The topological polar surface area (TPSA) is 35.2 Å². The number of halogens is 3. The molecule has 0 spiro atoms. The summed E-state index contributed by atoms with van der Waals surface area (Å²) in [7, 11) is 0. The zero-order valence-corrected chi connectivity index (χ0v) is 7.73. The van der Waals surface area contributed by atoms with Crippen LogP contribution in [0.25, 0.3) is 0 Å². The van der Waals surface area contributed by atoms with E-state index in [1.807, 2.05) is 6.92 Å². The largest absolute Gasteiger partial charge is 0.395 e. The van der Waals surface area contributed by atoms with Crippen LogP contribution in [0.15, 0.2) is 0 Å². The van der Waals surface area contributed by atoms with E-state index in [4.69, 9.17) is 10.5 Å². The fourth-order valence-electron chi connectivity index (χ4n) is 0.768. The molecule has 80 valence electrons. The van der Waals surface area contributed by atoms with Gasteiger partial charge < -0.3 is 10.5 Å². The first-order chi connectivity index (χ1) is 6.02. The van der Waals surface area contributed by atoms with E-state index in [1.54, 1.807) is 0 Å². The fourth-order valence-corrected chi connectivity index (χ4v) is 0.768. The van der Waals surface area contributed by atoms with E-state index in [0.29, 0.717) is 6.61 Å². The van der Waals surface area contributed by atoms with Crippen molar-refractivity contribution in [1.82, 2.24) is 0 Å². The summed E-state index contributed by atoms with van der Waals surface area (Å²) < 4.78 is 41.1. The zero-order chi connectivity index (χ0) is 10.3. The van der Waals surface area contributed by atoms with Gasteiger partial charge >= 0.3 is 6.18 Å². The summed E-state index contributed by atoms with van der Waals surface area (Å²) in [6, 6.07) is 0. The minimum atomic E-state index is -4.24. The average molecular weight is 199 g/mol. The molecule has 0 aromatic heterocycles. The highest BCUT2D eigenvalue weighted by atomic mass is 19.4. The molecule has 0 radical (unpaired) electrons. The van der Waals surface area contributed by atoms with Crippen LogP contribution in [0.3, 0.4) is 0 Å². The van der Waals surface area contributed by atoms with Crippen LogP contribution in [0.1, 0.15) is 19.8 Å². The van der Waals surface area contributed by atoms with Crippen molar-refractivity contribution >= 4 is 0 Å². The van der Waals surface area contributed by atoms with Crippen LogP contribution in [0.4, 0.5) is 13.2 Å². The van der Waals surface area contributed by atoms with Gasteiger partial charge in [-0.3, -0.25) is 0 Å². The Morgan fingerprint density at radius 2 is 2.00 bits per heavy atom. The molecule has 0 rings (SSSR count). The molecule has 13 heavy (non-hydrogen) atoms. The van der Waals surface area contributed by atoms with E-state index in [9.17, 15) is 13.2 Å². The molecule has 2 nitrogen and oxygen atoms in total. The van der Waals surface area contributed by atoms with Crippen molar-refractivity contribution in [2.45, 2.75) is 25.9 Å². The summed E-state index contributed by atoms with van der Waals surface area (Å²) in [5.41, 5.74) is 4.97. The molecule has 1 atom stereocenters. The van der Waals surface area contributed by atoms with Gasteiger partial charge in [-0.2, -0.15) is 13.2 Å². The molecule has 0 aliphatic rings. The van der Waals surface area contributed by atoms with Crippen LogP contribution in [0, 0.1) is 5.92 Å². The maximum Gasteiger partial charge on any atom is 0.395 e. The van der Waals surface area contributed by atoms with Crippen LogP contribution in [0.2, 0.25) is 0 Å². The van der Waals surface area contributed by atoms with Gasteiger partial charge in [0.05, 0.1) is 12.5 Å². The minimum Gasteiger partial charge on any atom is -0.381 e. The molecule has 0 aliphatic heterocycles. The molecule has 0 fully saturated rings. The molecule has 2 N–H and O–H groups in total. The second-order valence-corrected chi connectivity index (χ2v) is 2.90. The second kappa shape index (κ2) is 6.21. The Morgan fingerprint density at radius 1 is 1.38 bits per heavy atom. The van der Waals surface area contributed by atoms with Gasteiger partial charge in [0.15, 0.2) is 0 Å². The summed E-state index contributed by atoms with van der Waals surface area (Å²) in [5.74, 6) is -1.52. The molecule has 0 aromatic carbocycles. The zero-order valence-electron chi connectivity index (χ0n) is 7.73. The van der Waals surface area contributed by atoms with Crippen molar-refractivity contribution in [1.29, 1.82) is 0 Å². The standard InChI is InChI=1S/C8H16F3NO/c1-2-3-4-13-6-7(5-12)8(9,10)11/h7H,2-6,12H2,1H3. The summed E-state index contributed by atoms with van der Waals surface area (Å²) >= 11 is 0. The molecule has 5 heteroatoms. The third-order valence-electron chi connectivity index (χ3n) is 1.71. The number of unbranched alkanes of at least 4 members (excludes halogenated alkanes) is 1. The minimum absolute atomic E-state index is 0.319. The third kappa shape index (κ3) is 5.87. The molecule has 0 amide bonds. The lowest BCUT2D eigenvalue weighted by Gasteiger charge is -2.18. The van der Waals surface area contributed by atoms with E-state index >= 15 is 0 Å². The summed E-state index contributed by atoms with van der Waals surface area (Å²) in [6.45, 7) is 1.60. The lowest BCUT2D eigenvalue weighted by Crippen LogP contribution is -2.34. The number of ether oxygens (including phenoxy) is 1. The van der Waals surface area contributed by atoms with Crippen molar-refractivity contribution in [2.75, 3.05) is 19.8 Å². The molecule has 0 aliphatic carbocycles. The summed E-state index contributed by atoms with van der Waals surface area (Å²) in [6.07, 6.45) is -2.53. The number of hydrogen-bond donors (Lipinski definition) is 1. The van der Waals surface area contributed by atoms with Gasteiger partial charge in [0.25, 0.3) is 0 Å². The number of hydrogen-bond acceptors (Lipinski definition) is 2. The fraction of sp³-hybridized carbons (Fsp3) is 1.00. The van der Waals surface area contributed by atoms with Crippen LogP contribution in [-0.4, -0.2) is 25.9 Å². The van der Waals surface area contributed by atoms with E-state index in [-0.39, 0.29) is 6.61 Å². The molecular weight excluding hydrogens is 183 g/mol.